The quantitative estimate of drug-likeness (QED) is 0.185. The van der Waals surface area contributed by atoms with Gasteiger partial charge < -0.3 is 14.1 Å². The van der Waals surface area contributed by atoms with Crippen molar-refractivity contribution in [1.29, 1.82) is 0 Å². The van der Waals surface area contributed by atoms with Gasteiger partial charge in [-0.15, -0.1) is 0 Å². The second kappa shape index (κ2) is 10.5. The summed E-state index contributed by atoms with van der Waals surface area (Å²) >= 11 is 6.28. The molecule has 0 saturated heterocycles. The Balaban J connectivity index is 1.69. The normalized spacial score (nSPS) is 12.0. The highest BCUT2D eigenvalue weighted by atomic mass is 35.5. The summed E-state index contributed by atoms with van der Waals surface area (Å²) in [4.78, 5) is 5.44. The summed E-state index contributed by atoms with van der Waals surface area (Å²) in [5.74, 6) is 0.723. The maximum atomic E-state index is 13.0. The lowest BCUT2D eigenvalue weighted by Gasteiger charge is -2.13. The van der Waals surface area contributed by atoms with Crippen molar-refractivity contribution in [2.75, 3.05) is 7.11 Å². The second-order valence-corrected chi connectivity index (χ2v) is 8.66. The van der Waals surface area contributed by atoms with Crippen LogP contribution in [0.1, 0.15) is 29.3 Å². The van der Waals surface area contributed by atoms with E-state index in [-0.39, 0.29) is 6.61 Å². The standard InChI is InChI=1S/C28H24ClF3N2O2/c1-18(33-36-17-20-7-4-9-22(13-20)28(30,31)32)26-16-27(21-8-5-12-25(14-21)35-3)34(19(26)2)24-11-6-10-23(29)15-24/h4-16H,17H2,1-3H3/b33-18-. The number of halogens is 4. The van der Waals surface area contributed by atoms with Crippen LogP contribution in [0.2, 0.25) is 5.02 Å². The molecule has 0 aliphatic carbocycles. The minimum absolute atomic E-state index is 0.0853. The van der Waals surface area contributed by atoms with Crippen molar-refractivity contribution < 1.29 is 22.7 Å². The number of aromatic nitrogens is 1. The van der Waals surface area contributed by atoms with Crippen LogP contribution in [0, 0.1) is 6.92 Å². The molecule has 0 unspecified atom stereocenters. The van der Waals surface area contributed by atoms with Gasteiger partial charge in [0.15, 0.2) is 0 Å². The number of oxime groups is 1. The molecular formula is C28H24ClF3N2O2. The monoisotopic (exact) mass is 512 g/mol. The fourth-order valence-corrected chi connectivity index (χ4v) is 4.19. The highest BCUT2D eigenvalue weighted by Crippen LogP contribution is 2.33. The number of alkyl halides is 3. The molecule has 0 aliphatic heterocycles. The fourth-order valence-electron chi connectivity index (χ4n) is 4.01. The molecular weight excluding hydrogens is 489 g/mol. The third-order valence-electron chi connectivity index (χ3n) is 5.76. The van der Waals surface area contributed by atoms with E-state index in [0.29, 0.717) is 16.3 Å². The minimum atomic E-state index is -4.41. The predicted octanol–water partition coefficient (Wildman–Crippen LogP) is 8.07. The van der Waals surface area contributed by atoms with E-state index < -0.39 is 11.7 Å². The number of ether oxygens (including phenoxy) is 1. The maximum absolute atomic E-state index is 13.0. The average molecular weight is 513 g/mol. The zero-order valence-corrected chi connectivity index (χ0v) is 20.7. The summed E-state index contributed by atoms with van der Waals surface area (Å²) in [6.45, 7) is 3.68. The van der Waals surface area contributed by atoms with Crippen molar-refractivity contribution in [2.24, 2.45) is 5.16 Å². The van der Waals surface area contributed by atoms with E-state index in [0.717, 1.165) is 46.1 Å². The number of hydrogen-bond acceptors (Lipinski definition) is 3. The fraction of sp³-hybridized carbons (Fsp3) is 0.179. The van der Waals surface area contributed by atoms with E-state index in [1.807, 2.05) is 61.5 Å². The molecule has 0 saturated carbocycles. The van der Waals surface area contributed by atoms with Crippen LogP contribution < -0.4 is 4.74 Å². The topological polar surface area (TPSA) is 35.8 Å². The number of hydrogen-bond donors (Lipinski definition) is 0. The van der Waals surface area contributed by atoms with Gasteiger partial charge in [0.1, 0.15) is 12.4 Å². The summed E-state index contributed by atoms with van der Waals surface area (Å²) in [6.07, 6.45) is -4.41. The van der Waals surface area contributed by atoms with Gasteiger partial charge in [-0.2, -0.15) is 13.2 Å². The first-order chi connectivity index (χ1) is 17.2. The van der Waals surface area contributed by atoms with E-state index in [1.54, 1.807) is 20.1 Å². The van der Waals surface area contributed by atoms with E-state index in [1.165, 1.54) is 6.07 Å². The third kappa shape index (κ3) is 5.57. The van der Waals surface area contributed by atoms with Gasteiger partial charge in [-0.25, -0.2) is 0 Å². The van der Waals surface area contributed by atoms with Gasteiger partial charge in [-0.3, -0.25) is 0 Å². The molecule has 0 amide bonds. The molecule has 1 heterocycles. The molecule has 0 bridgehead atoms. The average Bonchev–Trinajstić information content (AvgIpc) is 3.21. The Bertz CT molecular complexity index is 1410. The van der Waals surface area contributed by atoms with Gasteiger partial charge in [0, 0.05) is 27.5 Å². The van der Waals surface area contributed by atoms with Crippen LogP contribution in [0.3, 0.4) is 0 Å². The van der Waals surface area contributed by atoms with Gasteiger partial charge in [-0.05, 0) is 67.9 Å². The Morgan fingerprint density at radius 1 is 0.972 bits per heavy atom. The van der Waals surface area contributed by atoms with Crippen molar-refractivity contribution in [3.63, 3.8) is 0 Å². The Kier molecular flexibility index (Phi) is 7.40. The Morgan fingerprint density at radius 2 is 1.72 bits per heavy atom. The number of rotatable bonds is 7. The van der Waals surface area contributed by atoms with Gasteiger partial charge in [0.2, 0.25) is 0 Å². The lowest BCUT2D eigenvalue weighted by Crippen LogP contribution is -2.05. The third-order valence-corrected chi connectivity index (χ3v) is 5.99. The molecule has 4 rings (SSSR count). The Hall–Kier alpha value is -3.71. The summed E-state index contributed by atoms with van der Waals surface area (Å²) in [6, 6.07) is 22.3. The molecule has 0 radical (unpaired) electrons. The molecule has 3 aromatic carbocycles. The zero-order chi connectivity index (χ0) is 25.9. The highest BCUT2D eigenvalue weighted by molar-refractivity contribution is 6.30. The molecule has 1 aromatic heterocycles. The lowest BCUT2D eigenvalue weighted by molar-refractivity contribution is -0.137. The molecule has 0 spiro atoms. The lowest BCUT2D eigenvalue weighted by atomic mass is 10.1. The highest BCUT2D eigenvalue weighted by Gasteiger charge is 2.30. The number of methoxy groups -OCH3 is 1. The molecule has 4 nitrogen and oxygen atoms in total. The predicted molar refractivity (Wildman–Crippen MR) is 136 cm³/mol. The molecule has 36 heavy (non-hydrogen) atoms. The van der Waals surface area contributed by atoms with Crippen molar-refractivity contribution in [3.05, 3.63) is 106 Å². The zero-order valence-electron chi connectivity index (χ0n) is 19.9. The second-order valence-electron chi connectivity index (χ2n) is 8.22. The van der Waals surface area contributed by atoms with Crippen molar-refractivity contribution in [1.82, 2.24) is 4.57 Å². The SMILES string of the molecule is COc1cccc(-c2cc(/C(C)=N\OCc3cccc(C(F)(F)F)c3)c(C)n2-c2cccc(Cl)c2)c1. The summed E-state index contributed by atoms with van der Waals surface area (Å²) in [7, 11) is 1.62. The summed E-state index contributed by atoms with van der Waals surface area (Å²) < 4.78 is 46.4. The molecule has 0 fully saturated rings. The first kappa shape index (κ1) is 25.4. The molecule has 0 N–H and O–H groups in total. The molecule has 8 heteroatoms. The summed E-state index contributed by atoms with van der Waals surface area (Å²) in [5, 5.41) is 4.81. The smallest absolute Gasteiger partial charge is 0.416 e. The van der Waals surface area contributed by atoms with Crippen molar-refractivity contribution in [3.8, 4) is 22.7 Å². The van der Waals surface area contributed by atoms with Crippen LogP contribution in [-0.2, 0) is 17.6 Å². The van der Waals surface area contributed by atoms with Crippen LogP contribution in [-0.4, -0.2) is 17.4 Å². The van der Waals surface area contributed by atoms with Gasteiger partial charge in [0.05, 0.1) is 24.1 Å². The molecule has 186 valence electrons. The van der Waals surface area contributed by atoms with E-state index in [2.05, 4.69) is 9.72 Å². The van der Waals surface area contributed by atoms with Gasteiger partial charge in [0.25, 0.3) is 0 Å². The molecule has 4 aromatic rings. The van der Waals surface area contributed by atoms with E-state index >= 15 is 0 Å². The van der Waals surface area contributed by atoms with Crippen LogP contribution in [0.25, 0.3) is 16.9 Å². The number of nitrogens with zero attached hydrogens (tertiary/aromatic N) is 2. The Labute approximate surface area is 212 Å². The van der Waals surface area contributed by atoms with Crippen molar-refractivity contribution >= 4 is 17.3 Å². The van der Waals surface area contributed by atoms with Crippen LogP contribution in [0.4, 0.5) is 13.2 Å². The van der Waals surface area contributed by atoms with Gasteiger partial charge in [-0.1, -0.05) is 47.1 Å². The largest absolute Gasteiger partial charge is 0.497 e. The van der Waals surface area contributed by atoms with Crippen LogP contribution in [0.15, 0.2) is 84.0 Å². The van der Waals surface area contributed by atoms with Crippen LogP contribution >= 0.6 is 11.6 Å². The maximum Gasteiger partial charge on any atom is 0.416 e. The first-order valence-corrected chi connectivity index (χ1v) is 11.5. The first-order valence-electron chi connectivity index (χ1n) is 11.1. The van der Waals surface area contributed by atoms with E-state index in [4.69, 9.17) is 21.2 Å². The van der Waals surface area contributed by atoms with E-state index in [9.17, 15) is 13.2 Å². The Morgan fingerprint density at radius 3 is 2.44 bits per heavy atom. The number of benzene rings is 3. The molecule has 0 atom stereocenters. The van der Waals surface area contributed by atoms with Crippen LogP contribution in [0.5, 0.6) is 5.75 Å². The minimum Gasteiger partial charge on any atom is -0.497 e. The van der Waals surface area contributed by atoms with Crippen molar-refractivity contribution in [2.45, 2.75) is 26.6 Å². The summed E-state index contributed by atoms with van der Waals surface area (Å²) in [5.41, 5.74) is 4.69. The van der Waals surface area contributed by atoms with Gasteiger partial charge >= 0.3 is 6.18 Å². The molecule has 0 aliphatic rings.